The lowest BCUT2D eigenvalue weighted by Crippen LogP contribution is -2.37. The summed E-state index contributed by atoms with van der Waals surface area (Å²) in [6.45, 7) is 9.47. The van der Waals surface area contributed by atoms with Crippen molar-refractivity contribution in [3.8, 4) is 17.2 Å². The topological polar surface area (TPSA) is 36.9 Å². The predicted octanol–water partition coefficient (Wildman–Crippen LogP) is 9.26. The highest BCUT2D eigenvalue weighted by Gasteiger charge is 2.47. The predicted molar refractivity (Wildman–Crippen MR) is 206 cm³/mol. The lowest BCUT2D eigenvalue weighted by molar-refractivity contribution is 0.140. The fourth-order valence-electron chi connectivity index (χ4n) is 10.3. The minimum atomic E-state index is -0.952. The quantitative estimate of drug-likeness (QED) is 0.204. The largest absolute Gasteiger partial charge is 0.497 e. The summed E-state index contributed by atoms with van der Waals surface area (Å²) in [5.74, 6) is 4.05. The van der Waals surface area contributed by atoms with Gasteiger partial charge in [0.15, 0.2) is 5.60 Å². The van der Waals surface area contributed by atoms with Gasteiger partial charge in [0.2, 0.25) is 0 Å². The average molecular weight is 679 g/mol. The first-order chi connectivity index (χ1) is 24.6. The Morgan fingerprint density at radius 1 is 0.765 bits per heavy atom. The Morgan fingerprint density at radius 3 is 2.08 bits per heavy atom. The van der Waals surface area contributed by atoms with E-state index in [1.165, 1.54) is 70.7 Å². The second-order valence-corrected chi connectivity index (χ2v) is 15.9. The van der Waals surface area contributed by atoms with E-state index in [0.29, 0.717) is 5.92 Å². The molecule has 2 saturated carbocycles. The Bertz CT molecular complexity index is 2120. The van der Waals surface area contributed by atoms with Crippen LogP contribution in [0.25, 0.3) is 11.8 Å². The van der Waals surface area contributed by atoms with Crippen molar-refractivity contribution in [3.05, 3.63) is 146 Å². The molecule has 1 heterocycles. The number of hydrogen-bond donors (Lipinski definition) is 0. The van der Waals surface area contributed by atoms with Crippen LogP contribution in [0.2, 0.25) is 0 Å². The van der Waals surface area contributed by atoms with Crippen molar-refractivity contribution in [2.75, 3.05) is 21.3 Å². The van der Waals surface area contributed by atoms with E-state index in [1.807, 2.05) is 37.6 Å². The Hall–Kier alpha value is -4.70. The molecular weight excluding hydrogens is 629 g/mol. The summed E-state index contributed by atoms with van der Waals surface area (Å²) in [6, 6.07) is 30.2. The van der Waals surface area contributed by atoms with Crippen LogP contribution in [0.4, 0.5) is 0 Å². The molecule has 51 heavy (non-hydrogen) atoms. The summed E-state index contributed by atoms with van der Waals surface area (Å²) >= 11 is 0. The molecule has 0 saturated heterocycles. The standard InChI is InChI=1S/C47H50O4/c1-30-24-32-21-22-46(27-30,28-32)41-26-39-33(25-42(41)50-7)29-51-47(34-12-16-36(48-5)17-13-34,35-14-18-37(49-6)19-15-35)23-20-31(2)44-43(39)38-10-8-9-11-40(38)45(44,3)4/h8-20,23,25-26,29-30,32H,21-22,24,27-28H2,1-7H3/b23-20-,33-29+,43-39-,44-31-. The van der Waals surface area contributed by atoms with E-state index in [1.54, 1.807) is 14.2 Å². The van der Waals surface area contributed by atoms with Crippen molar-refractivity contribution in [1.82, 2.24) is 0 Å². The Morgan fingerprint density at radius 2 is 1.43 bits per heavy atom. The first-order valence-electron chi connectivity index (χ1n) is 18.5. The number of allylic oxidation sites excluding steroid dienone is 3. The molecule has 2 fully saturated rings. The Labute approximate surface area is 303 Å². The van der Waals surface area contributed by atoms with Crippen LogP contribution in [0.1, 0.15) is 87.6 Å². The van der Waals surface area contributed by atoms with Gasteiger partial charge in [0, 0.05) is 27.3 Å². The van der Waals surface area contributed by atoms with E-state index in [2.05, 4.69) is 101 Å². The summed E-state index contributed by atoms with van der Waals surface area (Å²) in [7, 11) is 5.23. The molecule has 4 aliphatic rings. The number of hydrogen-bond acceptors (Lipinski definition) is 4. The second kappa shape index (κ2) is 12.5. The van der Waals surface area contributed by atoms with Crippen LogP contribution in [0.5, 0.6) is 17.2 Å². The van der Waals surface area contributed by atoms with Crippen LogP contribution >= 0.6 is 0 Å². The fourth-order valence-corrected chi connectivity index (χ4v) is 10.3. The number of ether oxygens (including phenoxy) is 4. The van der Waals surface area contributed by atoms with Crippen LogP contribution in [-0.4, -0.2) is 21.3 Å². The Balaban J connectivity index is 1.48. The van der Waals surface area contributed by atoms with Gasteiger partial charge in [0.25, 0.3) is 0 Å². The van der Waals surface area contributed by atoms with E-state index in [0.717, 1.165) is 39.5 Å². The molecule has 262 valence electrons. The van der Waals surface area contributed by atoms with Crippen molar-refractivity contribution >= 4 is 11.8 Å². The van der Waals surface area contributed by atoms with Gasteiger partial charge < -0.3 is 18.9 Å². The van der Waals surface area contributed by atoms with Gasteiger partial charge in [0.05, 0.1) is 27.6 Å². The van der Waals surface area contributed by atoms with Gasteiger partial charge in [0.1, 0.15) is 17.2 Å². The average Bonchev–Trinajstić information content (AvgIpc) is 3.60. The van der Waals surface area contributed by atoms with E-state index < -0.39 is 5.60 Å². The molecule has 0 spiro atoms. The molecule has 4 heteroatoms. The molecule has 3 aliphatic carbocycles. The first kappa shape index (κ1) is 33.4. The molecule has 2 bridgehead atoms. The normalized spacial score (nSPS) is 27.9. The van der Waals surface area contributed by atoms with Crippen molar-refractivity contribution in [2.45, 2.75) is 76.2 Å². The molecule has 4 aromatic rings. The van der Waals surface area contributed by atoms with Gasteiger partial charge in [-0.1, -0.05) is 75.4 Å². The smallest absolute Gasteiger partial charge is 0.177 e. The number of benzene rings is 4. The van der Waals surface area contributed by atoms with Gasteiger partial charge in [-0.05, 0) is 132 Å². The third-order valence-corrected chi connectivity index (χ3v) is 12.5. The molecule has 1 aliphatic heterocycles. The van der Waals surface area contributed by atoms with Gasteiger partial charge in [-0.25, -0.2) is 0 Å². The zero-order valence-electron chi connectivity index (χ0n) is 31.1. The molecule has 0 amide bonds. The van der Waals surface area contributed by atoms with Crippen LogP contribution in [0, 0.1) is 11.8 Å². The van der Waals surface area contributed by atoms with E-state index in [-0.39, 0.29) is 10.8 Å². The van der Waals surface area contributed by atoms with Gasteiger partial charge in [-0.15, -0.1) is 0 Å². The van der Waals surface area contributed by atoms with Crippen molar-refractivity contribution < 1.29 is 18.9 Å². The molecule has 8 rings (SSSR count). The third kappa shape index (κ3) is 5.32. The monoisotopic (exact) mass is 678 g/mol. The van der Waals surface area contributed by atoms with Crippen LogP contribution in [0.15, 0.2) is 108 Å². The molecule has 3 atom stereocenters. The Kier molecular flexibility index (Phi) is 8.20. The molecule has 0 aromatic heterocycles. The molecular formula is C47H50O4. The molecule has 0 N–H and O–H groups in total. The summed E-state index contributed by atoms with van der Waals surface area (Å²) in [4.78, 5) is 0. The SMILES string of the molecule is COc1ccc(C2(c3ccc(OC)cc3)\C=C/C(C)=C3/C(=c4/cc(C56CCC(CC(C)C5)C6)c(OC)c/c4=C\O2)c2ccccc2C3(C)C)cc1. The highest BCUT2D eigenvalue weighted by Crippen LogP contribution is 2.56. The van der Waals surface area contributed by atoms with Gasteiger partial charge in [-0.2, -0.15) is 0 Å². The summed E-state index contributed by atoms with van der Waals surface area (Å²) in [5, 5.41) is 2.22. The lowest BCUT2D eigenvalue weighted by atomic mass is 9.67. The minimum Gasteiger partial charge on any atom is -0.497 e. The third-order valence-electron chi connectivity index (χ3n) is 12.5. The van der Waals surface area contributed by atoms with E-state index >= 15 is 0 Å². The number of fused-ring (bicyclic) bond motifs is 6. The van der Waals surface area contributed by atoms with Crippen molar-refractivity contribution in [3.63, 3.8) is 0 Å². The van der Waals surface area contributed by atoms with E-state index in [9.17, 15) is 0 Å². The molecule has 4 nitrogen and oxygen atoms in total. The van der Waals surface area contributed by atoms with E-state index in [4.69, 9.17) is 18.9 Å². The lowest BCUT2D eigenvalue weighted by Gasteiger charge is -2.38. The van der Waals surface area contributed by atoms with Crippen LogP contribution < -0.4 is 24.6 Å². The number of methoxy groups -OCH3 is 3. The summed E-state index contributed by atoms with van der Waals surface area (Å²) in [5.41, 5.74) is 8.84. The van der Waals surface area contributed by atoms with Crippen LogP contribution in [-0.2, 0) is 21.2 Å². The number of rotatable bonds is 6. The maximum absolute atomic E-state index is 7.27. The highest BCUT2D eigenvalue weighted by atomic mass is 16.5. The first-order valence-corrected chi connectivity index (χ1v) is 18.5. The molecule has 4 aromatic carbocycles. The van der Waals surface area contributed by atoms with Crippen LogP contribution in [0.3, 0.4) is 0 Å². The molecule has 0 radical (unpaired) electrons. The molecule has 3 unspecified atom stereocenters. The highest BCUT2D eigenvalue weighted by molar-refractivity contribution is 5.90. The minimum absolute atomic E-state index is 0.127. The van der Waals surface area contributed by atoms with Gasteiger partial charge >= 0.3 is 0 Å². The maximum atomic E-state index is 7.27. The van der Waals surface area contributed by atoms with Crippen molar-refractivity contribution in [1.29, 1.82) is 0 Å². The van der Waals surface area contributed by atoms with Crippen molar-refractivity contribution in [2.24, 2.45) is 11.8 Å². The second-order valence-electron chi connectivity index (χ2n) is 15.9. The fraction of sp³-hybridized carbons (Fsp3) is 0.362. The maximum Gasteiger partial charge on any atom is 0.177 e. The summed E-state index contributed by atoms with van der Waals surface area (Å²) < 4.78 is 24.8. The van der Waals surface area contributed by atoms with Gasteiger partial charge in [-0.3, -0.25) is 0 Å². The zero-order chi connectivity index (χ0) is 35.5. The summed E-state index contributed by atoms with van der Waals surface area (Å²) in [6.07, 6.45) is 12.8. The zero-order valence-corrected chi connectivity index (χ0v) is 31.1.